The highest BCUT2D eigenvalue weighted by Crippen LogP contribution is 2.41. The molecular formula is C39H38FN3O4. The van der Waals surface area contributed by atoms with E-state index in [4.69, 9.17) is 19.3 Å². The van der Waals surface area contributed by atoms with E-state index in [2.05, 4.69) is 18.2 Å². The minimum Gasteiger partial charge on any atom is -0.493 e. The summed E-state index contributed by atoms with van der Waals surface area (Å²) in [7, 11) is 1.87. The van der Waals surface area contributed by atoms with Crippen LogP contribution in [-0.2, 0) is 49.1 Å². The van der Waals surface area contributed by atoms with E-state index in [0.717, 1.165) is 55.5 Å². The molecule has 0 fully saturated rings. The average molecular weight is 632 g/mol. The van der Waals surface area contributed by atoms with Gasteiger partial charge >= 0.3 is 5.97 Å². The third-order valence-electron chi connectivity index (χ3n) is 9.09. The molecule has 4 aromatic carbocycles. The van der Waals surface area contributed by atoms with Crippen molar-refractivity contribution in [3.8, 4) is 16.9 Å². The van der Waals surface area contributed by atoms with Gasteiger partial charge in [-0.15, -0.1) is 0 Å². The number of aryl methyl sites for hydroxylation is 3. The van der Waals surface area contributed by atoms with Gasteiger partial charge in [-0.25, -0.2) is 9.18 Å². The van der Waals surface area contributed by atoms with Gasteiger partial charge in [-0.3, -0.25) is 4.68 Å². The van der Waals surface area contributed by atoms with Crippen molar-refractivity contribution in [1.29, 1.82) is 0 Å². The number of halogens is 1. The highest BCUT2D eigenvalue weighted by atomic mass is 19.1. The molecule has 0 aliphatic carbocycles. The topological polar surface area (TPSA) is 67.5 Å². The van der Waals surface area contributed by atoms with Crippen molar-refractivity contribution in [2.75, 3.05) is 13.2 Å². The van der Waals surface area contributed by atoms with E-state index in [1.54, 1.807) is 17.7 Å². The lowest BCUT2D eigenvalue weighted by Crippen LogP contribution is -2.16. The summed E-state index contributed by atoms with van der Waals surface area (Å²) in [6.45, 7) is 5.49. The van der Waals surface area contributed by atoms with Crippen LogP contribution in [-0.4, -0.2) is 33.5 Å². The zero-order valence-corrected chi connectivity index (χ0v) is 27.0. The molecule has 3 heterocycles. The molecule has 240 valence electrons. The summed E-state index contributed by atoms with van der Waals surface area (Å²) in [5.74, 6) is 0.0322. The Labute approximate surface area is 273 Å². The molecule has 7 rings (SSSR count). The van der Waals surface area contributed by atoms with Crippen LogP contribution in [0.5, 0.6) is 5.75 Å². The van der Waals surface area contributed by atoms with Crippen molar-refractivity contribution >= 4 is 27.6 Å². The van der Waals surface area contributed by atoms with Gasteiger partial charge in [0.05, 0.1) is 43.3 Å². The number of carbonyl (C=O) groups is 1. The summed E-state index contributed by atoms with van der Waals surface area (Å²) in [6.07, 6.45) is 1.80. The number of aromatic nitrogens is 3. The summed E-state index contributed by atoms with van der Waals surface area (Å²) < 4.78 is 38.4. The Morgan fingerprint density at radius 2 is 1.70 bits per heavy atom. The van der Waals surface area contributed by atoms with Gasteiger partial charge in [0.1, 0.15) is 17.3 Å². The first-order valence-corrected chi connectivity index (χ1v) is 16.3. The van der Waals surface area contributed by atoms with Gasteiger partial charge in [0, 0.05) is 35.5 Å². The van der Waals surface area contributed by atoms with E-state index >= 15 is 4.39 Å². The number of hydrogen-bond acceptors (Lipinski definition) is 5. The van der Waals surface area contributed by atoms with Crippen LogP contribution < -0.4 is 4.74 Å². The maximum absolute atomic E-state index is 16.4. The molecule has 2 aromatic heterocycles. The Morgan fingerprint density at radius 3 is 2.53 bits per heavy atom. The summed E-state index contributed by atoms with van der Waals surface area (Å²) in [6, 6.07) is 25.6. The molecule has 1 aliphatic heterocycles. The van der Waals surface area contributed by atoms with Gasteiger partial charge in [0.15, 0.2) is 0 Å². The highest BCUT2D eigenvalue weighted by Gasteiger charge is 2.31. The summed E-state index contributed by atoms with van der Waals surface area (Å²) in [4.78, 5) is 13.9. The molecule has 8 heteroatoms. The second-order valence-corrected chi connectivity index (χ2v) is 11.9. The number of fused-ring (bicyclic) bond motifs is 4. The number of hydrogen-bond donors (Lipinski definition) is 0. The normalized spacial score (nSPS) is 12.9. The lowest BCUT2D eigenvalue weighted by Gasteiger charge is -2.16. The van der Waals surface area contributed by atoms with Crippen molar-refractivity contribution in [1.82, 2.24) is 14.3 Å². The summed E-state index contributed by atoms with van der Waals surface area (Å²) in [5, 5.41) is 7.78. The largest absolute Gasteiger partial charge is 0.493 e. The molecule has 0 N–H and O–H groups in total. The van der Waals surface area contributed by atoms with Crippen LogP contribution in [0.1, 0.15) is 58.8 Å². The number of rotatable bonds is 8. The minimum absolute atomic E-state index is 0.225. The standard InChI is InChI=1S/C39H38FN3O4/c1-4-32-36-33(42(3)41-32)24-45-23-27-14-7-6-13-26(27)22-43-37-30(19-20-31(40)35(36)37)29(38(43)39(44)46-5-2)17-11-21-47-34-18-10-15-25-12-8-9-16-28(25)34/h6-10,12-16,18-20H,4-5,11,17,21-24H2,1-3H3. The van der Waals surface area contributed by atoms with Crippen molar-refractivity contribution in [2.24, 2.45) is 7.05 Å². The monoisotopic (exact) mass is 631 g/mol. The Kier molecular flexibility index (Phi) is 8.52. The number of benzene rings is 4. The van der Waals surface area contributed by atoms with Gasteiger partial charge in [0.2, 0.25) is 0 Å². The predicted octanol–water partition coefficient (Wildman–Crippen LogP) is 8.16. The van der Waals surface area contributed by atoms with Gasteiger partial charge in [0.25, 0.3) is 0 Å². The fourth-order valence-corrected chi connectivity index (χ4v) is 6.93. The van der Waals surface area contributed by atoms with Crippen LogP contribution in [0.4, 0.5) is 4.39 Å². The molecule has 1 aliphatic rings. The van der Waals surface area contributed by atoms with Crippen LogP contribution in [0.25, 0.3) is 32.8 Å². The van der Waals surface area contributed by atoms with E-state index in [9.17, 15) is 4.79 Å². The van der Waals surface area contributed by atoms with Crippen LogP contribution in [0.3, 0.4) is 0 Å². The molecule has 0 radical (unpaired) electrons. The molecule has 7 nitrogen and oxygen atoms in total. The molecule has 47 heavy (non-hydrogen) atoms. The number of nitrogens with zero attached hydrogens (tertiary/aromatic N) is 3. The van der Waals surface area contributed by atoms with Crippen LogP contribution in [0.15, 0.2) is 78.9 Å². The second-order valence-electron chi connectivity index (χ2n) is 11.9. The molecule has 0 spiro atoms. The quantitative estimate of drug-likeness (QED) is 0.125. The third kappa shape index (κ3) is 5.57. The van der Waals surface area contributed by atoms with Crippen LogP contribution in [0, 0.1) is 5.82 Å². The van der Waals surface area contributed by atoms with Crippen molar-refractivity contribution < 1.29 is 23.4 Å². The maximum atomic E-state index is 16.4. The van der Waals surface area contributed by atoms with E-state index in [0.29, 0.717) is 55.8 Å². The Hall–Kier alpha value is -4.95. The predicted molar refractivity (Wildman–Crippen MR) is 181 cm³/mol. The summed E-state index contributed by atoms with van der Waals surface area (Å²) >= 11 is 0. The smallest absolute Gasteiger partial charge is 0.355 e. The van der Waals surface area contributed by atoms with Crippen molar-refractivity contribution in [3.63, 3.8) is 0 Å². The van der Waals surface area contributed by atoms with Gasteiger partial charge in [-0.05, 0) is 66.5 Å². The zero-order valence-electron chi connectivity index (χ0n) is 27.0. The van der Waals surface area contributed by atoms with E-state index in [-0.39, 0.29) is 19.0 Å². The third-order valence-corrected chi connectivity index (χ3v) is 9.09. The van der Waals surface area contributed by atoms with Crippen molar-refractivity contribution in [2.45, 2.75) is 52.9 Å². The molecule has 0 unspecified atom stereocenters. The number of ether oxygens (including phenoxy) is 3. The lowest BCUT2D eigenvalue weighted by molar-refractivity contribution is 0.0513. The van der Waals surface area contributed by atoms with Crippen LogP contribution in [0.2, 0.25) is 0 Å². The highest BCUT2D eigenvalue weighted by molar-refractivity contribution is 6.05. The Bertz CT molecular complexity index is 2110. The first-order chi connectivity index (χ1) is 23.0. The molecular weight excluding hydrogens is 593 g/mol. The van der Waals surface area contributed by atoms with Gasteiger partial charge in [-0.1, -0.05) is 67.6 Å². The fourth-order valence-electron chi connectivity index (χ4n) is 6.93. The van der Waals surface area contributed by atoms with E-state index in [1.807, 2.05) is 67.1 Å². The Morgan fingerprint density at radius 1 is 0.915 bits per heavy atom. The second kappa shape index (κ2) is 13.0. The molecule has 0 saturated carbocycles. The SMILES string of the molecule is CCOC(=O)c1c(CCCOc2cccc3ccccc23)c2ccc(F)c3c2n1Cc1ccccc1COCc1c-3c(CC)nn1C. The first kappa shape index (κ1) is 30.7. The molecule has 0 bridgehead atoms. The van der Waals surface area contributed by atoms with E-state index < -0.39 is 5.97 Å². The summed E-state index contributed by atoms with van der Waals surface area (Å²) in [5.41, 5.74) is 6.68. The molecule has 6 aromatic rings. The number of carbonyl (C=O) groups excluding carboxylic acids is 1. The number of esters is 1. The average Bonchev–Trinajstić information content (AvgIpc) is 3.56. The fraction of sp³-hybridized carbons (Fsp3) is 0.282. The Balaban J connectivity index is 1.40. The van der Waals surface area contributed by atoms with E-state index in [1.165, 1.54) is 6.07 Å². The maximum Gasteiger partial charge on any atom is 0.355 e. The molecule has 0 amide bonds. The molecule has 0 saturated heterocycles. The van der Waals surface area contributed by atoms with Crippen LogP contribution >= 0.6 is 0 Å². The molecule has 0 atom stereocenters. The first-order valence-electron chi connectivity index (χ1n) is 16.3. The van der Waals surface area contributed by atoms with Gasteiger partial charge in [-0.2, -0.15) is 5.10 Å². The minimum atomic E-state index is -0.425. The zero-order chi connectivity index (χ0) is 32.5. The lowest BCUT2D eigenvalue weighted by atomic mass is 9.96. The van der Waals surface area contributed by atoms with Gasteiger partial charge < -0.3 is 18.8 Å². The van der Waals surface area contributed by atoms with Crippen molar-refractivity contribution in [3.05, 3.63) is 118 Å².